The summed E-state index contributed by atoms with van der Waals surface area (Å²) in [6, 6.07) is 4.16. The van der Waals surface area contributed by atoms with Gasteiger partial charge in [0.05, 0.1) is 18.8 Å². The lowest BCUT2D eigenvalue weighted by Crippen LogP contribution is -2.47. The number of aliphatic carboxylic acids is 1. The van der Waals surface area contributed by atoms with Crippen LogP contribution in [0.4, 0.5) is 13.2 Å². The number of nitrogens with one attached hydrogen (secondary N) is 1. The molecule has 29 heavy (non-hydrogen) atoms. The van der Waals surface area contributed by atoms with E-state index in [9.17, 15) is 18.0 Å². The highest BCUT2D eigenvalue weighted by Crippen LogP contribution is 2.29. The molecule has 11 heteroatoms. The van der Waals surface area contributed by atoms with Gasteiger partial charge in [-0.15, -0.1) is 0 Å². The molecule has 2 fully saturated rings. The number of aryl methyl sites for hydroxylation is 1. The van der Waals surface area contributed by atoms with Gasteiger partial charge >= 0.3 is 12.1 Å². The lowest BCUT2D eigenvalue weighted by molar-refractivity contribution is -0.192. The molecule has 3 rings (SSSR count). The normalized spacial score (nSPS) is 24.4. The third-order valence-corrected chi connectivity index (χ3v) is 4.95. The van der Waals surface area contributed by atoms with Gasteiger partial charge < -0.3 is 24.5 Å². The molecule has 1 amide bonds. The monoisotopic (exact) mass is 421 g/mol. The molecule has 3 atom stereocenters. The maximum absolute atomic E-state index is 12.4. The maximum atomic E-state index is 12.4. The summed E-state index contributed by atoms with van der Waals surface area (Å²) < 4.78 is 44.7. The summed E-state index contributed by atoms with van der Waals surface area (Å²) in [6.07, 6.45) is -0.891. The van der Waals surface area contributed by atoms with Crippen LogP contribution in [0.3, 0.4) is 0 Å². The smallest absolute Gasteiger partial charge is 0.475 e. The highest BCUT2D eigenvalue weighted by atomic mass is 19.4. The van der Waals surface area contributed by atoms with Crippen LogP contribution in [-0.2, 0) is 21.3 Å². The molecule has 0 bridgehead atoms. The first-order chi connectivity index (χ1) is 13.6. The van der Waals surface area contributed by atoms with Gasteiger partial charge in [-0.05, 0) is 25.0 Å². The Hall–Kier alpha value is -2.11. The molecule has 2 N–H and O–H groups in total. The van der Waals surface area contributed by atoms with E-state index < -0.39 is 12.1 Å². The molecule has 1 aromatic rings. The van der Waals surface area contributed by atoms with Gasteiger partial charge in [-0.1, -0.05) is 0 Å². The van der Waals surface area contributed by atoms with Crippen LogP contribution in [-0.4, -0.2) is 84.2 Å². The van der Waals surface area contributed by atoms with Gasteiger partial charge in [-0.25, -0.2) is 4.79 Å². The number of hydrogen-bond donors (Lipinski definition) is 2. The number of hydrogen-bond acceptors (Lipinski definition) is 5. The Balaban J connectivity index is 0.000000370. The third kappa shape index (κ3) is 6.18. The lowest BCUT2D eigenvalue weighted by Gasteiger charge is -2.32. The van der Waals surface area contributed by atoms with Crippen LogP contribution < -0.4 is 5.32 Å². The first-order valence-corrected chi connectivity index (χ1v) is 9.22. The van der Waals surface area contributed by atoms with Crippen molar-refractivity contribution in [3.63, 3.8) is 0 Å². The summed E-state index contributed by atoms with van der Waals surface area (Å²) in [5, 5.41) is 10.3. The summed E-state index contributed by atoms with van der Waals surface area (Å²) in [4.78, 5) is 23.7. The topological polar surface area (TPSA) is 93.0 Å². The highest BCUT2D eigenvalue weighted by molar-refractivity contribution is 5.93. The molecule has 2 aliphatic rings. The minimum atomic E-state index is -5.08. The number of carboxylic acid groups (broad SMARTS) is 1. The largest absolute Gasteiger partial charge is 0.490 e. The number of carbonyl (C=O) groups excluding carboxylic acids is 1. The molecule has 0 aromatic carbocycles. The molecule has 0 aliphatic carbocycles. The molecule has 0 saturated carbocycles. The molecule has 164 valence electrons. The molecule has 0 unspecified atom stereocenters. The number of carboxylic acids is 1. The second-order valence-electron chi connectivity index (χ2n) is 6.92. The van der Waals surface area contributed by atoms with Crippen molar-refractivity contribution in [3.8, 4) is 0 Å². The molecule has 1 aromatic heterocycles. The highest BCUT2D eigenvalue weighted by Gasteiger charge is 2.44. The van der Waals surface area contributed by atoms with Gasteiger partial charge in [0.25, 0.3) is 5.91 Å². The lowest BCUT2D eigenvalue weighted by atomic mass is 10.0. The van der Waals surface area contributed by atoms with E-state index in [4.69, 9.17) is 19.4 Å². The van der Waals surface area contributed by atoms with Gasteiger partial charge in [0.2, 0.25) is 0 Å². The molecule has 3 heterocycles. The number of nitrogens with zero attached hydrogens (tertiary/aromatic N) is 2. The number of amides is 1. The van der Waals surface area contributed by atoms with Crippen LogP contribution in [0.2, 0.25) is 0 Å². The number of aromatic nitrogens is 1. The van der Waals surface area contributed by atoms with Crippen molar-refractivity contribution in [2.45, 2.75) is 37.2 Å². The Kier molecular flexibility index (Phi) is 8.05. The molecule has 0 radical (unpaired) electrons. The van der Waals surface area contributed by atoms with E-state index in [1.165, 1.54) is 0 Å². The quantitative estimate of drug-likeness (QED) is 0.744. The average molecular weight is 421 g/mol. The SMILES string of the molecule is COCCN1C[C@H](NC(=O)c2cccn2C)[C@@H]2OCCC[C@@H]21.O=C(O)C(F)(F)F. The zero-order valence-electron chi connectivity index (χ0n) is 16.3. The first-order valence-electron chi connectivity index (χ1n) is 9.22. The number of carbonyl (C=O) groups is 2. The first kappa shape index (κ1) is 23.2. The Labute approximate surface area is 166 Å². The van der Waals surface area contributed by atoms with Gasteiger partial charge in [0, 0.05) is 46.1 Å². The number of likely N-dealkylation sites (tertiary alicyclic amines) is 1. The number of halogens is 3. The molecular formula is C18H26F3N3O5. The number of fused-ring (bicyclic) bond motifs is 1. The second-order valence-corrected chi connectivity index (χ2v) is 6.92. The number of rotatable bonds is 5. The zero-order chi connectivity index (χ0) is 21.6. The van der Waals surface area contributed by atoms with Crippen LogP contribution >= 0.6 is 0 Å². The van der Waals surface area contributed by atoms with E-state index >= 15 is 0 Å². The van der Waals surface area contributed by atoms with E-state index in [2.05, 4.69) is 10.2 Å². The Morgan fingerprint density at radius 2 is 2.10 bits per heavy atom. The van der Waals surface area contributed by atoms with Crippen molar-refractivity contribution < 1.29 is 37.3 Å². The van der Waals surface area contributed by atoms with Crippen molar-refractivity contribution in [3.05, 3.63) is 24.0 Å². The van der Waals surface area contributed by atoms with Crippen LogP contribution in [0.1, 0.15) is 23.3 Å². The average Bonchev–Trinajstić information content (AvgIpc) is 3.24. The third-order valence-electron chi connectivity index (χ3n) is 4.95. The Morgan fingerprint density at radius 3 is 2.66 bits per heavy atom. The van der Waals surface area contributed by atoms with E-state index in [1.807, 2.05) is 29.9 Å². The van der Waals surface area contributed by atoms with Crippen LogP contribution in [0.5, 0.6) is 0 Å². The van der Waals surface area contributed by atoms with E-state index in [1.54, 1.807) is 7.11 Å². The predicted octanol–water partition coefficient (Wildman–Crippen LogP) is 1.27. The maximum Gasteiger partial charge on any atom is 0.490 e. The van der Waals surface area contributed by atoms with Crippen LogP contribution in [0.25, 0.3) is 0 Å². The van der Waals surface area contributed by atoms with Crippen LogP contribution in [0, 0.1) is 0 Å². The summed E-state index contributed by atoms with van der Waals surface area (Å²) in [7, 11) is 3.61. The second kappa shape index (κ2) is 10.1. The fourth-order valence-corrected chi connectivity index (χ4v) is 3.59. The van der Waals surface area contributed by atoms with Gasteiger partial charge in [-0.3, -0.25) is 9.69 Å². The van der Waals surface area contributed by atoms with Crippen molar-refractivity contribution in [1.82, 2.24) is 14.8 Å². The Morgan fingerprint density at radius 1 is 1.41 bits per heavy atom. The summed E-state index contributed by atoms with van der Waals surface area (Å²) in [5.74, 6) is -2.79. The summed E-state index contributed by atoms with van der Waals surface area (Å²) in [5.41, 5.74) is 0.683. The van der Waals surface area contributed by atoms with E-state index in [0.29, 0.717) is 18.3 Å². The summed E-state index contributed by atoms with van der Waals surface area (Å²) >= 11 is 0. The molecular weight excluding hydrogens is 395 g/mol. The van der Waals surface area contributed by atoms with Gasteiger partial charge in [0.1, 0.15) is 5.69 Å². The van der Waals surface area contributed by atoms with Crippen molar-refractivity contribution in [2.75, 3.05) is 33.4 Å². The van der Waals surface area contributed by atoms with Gasteiger partial charge in [0.15, 0.2) is 0 Å². The summed E-state index contributed by atoms with van der Waals surface area (Å²) in [6.45, 7) is 3.21. The standard InChI is InChI=1S/C16H25N3O3.C2HF3O2/c1-18-7-3-5-14(18)16(20)17-12-11-19(8-10-21-2)13-6-4-9-22-15(12)13;3-2(4,5)1(6)7/h3,5,7,12-13,15H,4,6,8-11H2,1-2H3,(H,17,20);(H,6,7)/t12-,13-,15-;/m0./s1. The molecule has 2 saturated heterocycles. The van der Waals surface area contributed by atoms with E-state index in [-0.39, 0.29) is 18.1 Å². The fraction of sp³-hybridized carbons (Fsp3) is 0.667. The van der Waals surface area contributed by atoms with Gasteiger partial charge in [-0.2, -0.15) is 13.2 Å². The minimum Gasteiger partial charge on any atom is -0.475 e. The van der Waals surface area contributed by atoms with Crippen molar-refractivity contribution in [2.24, 2.45) is 7.05 Å². The zero-order valence-corrected chi connectivity index (χ0v) is 16.3. The molecule has 2 aliphatic heterocycles. The number of alkyl halides is 3. The molecule has 8 nitrogen and oxygen atoms in total. The minimum absolute atomic E-state index is 0.0287. The van der Waals surface area contributed by atoms with Crippen LogP contribution in [0.15, 0.2) is 18.3 Å². The van der Waals surface area contributed by atoms with Crippen molar-refractivity contribution >= 4 is 11.9 Å². The van der Waals surface area contributed by atoms with E-state index in [0.717, 1.165) is 32.5 Å². The number of ether oxygens (including phenoxy) is 2. The number of methoxy groups -OCH3 is 1. The predicted molar refractivity (Wildman–Crippen MR) is 96.6 cm³/mol. The fourth-order valence-electron chi connectivity index (χ4n) is 3.59. The Bertz CT molecular complexity index is 695. The van der Waals surface area contributed by atoms with Crippen molar-refractivity contribution in [1.29, 1.82) is 0 Å². The molecule has 0 spiro atoms.